The number of carboxylic acid groups (broad SMARTS) is 1. The van der Waals surface area contributed by atoms with E-state index in [0.29, 0.717) is 5.02 Å². The summed E-state index contributed by atoms with van der Waals surface area (Å²) in [4.78, 5) is 10.5. The van der Waals surface area contributed by atoms with Gasteiger partial charge < -0.3 is 10.8 Å². The molecule has 0 saturated heterocycles. The van der Waals surface area contributed by atoms with Crippen molar-refractivity contribution in [3.63, 3.8) is 0 Å². The average molecular weight is 326 g/mol. The van der Waals surface area contributed by atoms with Crippen LogP contribution < -0.4 is 5.73 Å². The molecule has 5 heteroatoms. The molecule has 0 spiro atoms. The Morgan fingerprint density at radius 2 is 2.29 bits per heavy atom. The van der Waals surface area contributed by atoms with Gasteiger partial charge in [-0.25, -0.2) is 0 Å². The molecule has 1 aromatic rings. The van der Waals surface area contributed by atoms with Gasteiger partial charge in [-0.15, -0.1) is 0 Å². The largest absolute Gasteiger partial charge is 0.481 e. The van der Waals surface area contributed by atoms with Crippen molar-refractivity contribution in [3.8, 4) is 0 Å². The molecule has 0 aliphatic rings. The van der Waals surface area contributed by atoms with Gasteiger partial charge in [-0.2, -0.15) is 0 Å². The molecule has 14 heavy (non-hydrogen) atoms. The summed E-state index contributed by atoms with van der Waals surface area (Å²) in [6, 6.07) is 4.81. The Morgan fingerprint density at radius 1 is 1.64 bits per heavy atom. The number of halogens is 2. The lowest BCUT2D eigenvalue weighted by Crippen LogP contribution is -2.16. The first kappa shape index (κ1) is 11.7. The third-order valence-corrected chi connectivity index (χ3v) is 3.61. The summed E-state index contributed by atoms with van der Waals surface area (Å²) in [6.07, 6.45) is -0.0870. The Labute approximate surface area is 100 Å². The second kappa shape index (κ2) is 4.95. The van der Waals surface area contributed by atoms with Crippen LogP contribution in [0.5, 0.6) is 0 Å². The van der Waals surface area contributed by atoms with E-state index in [-0.39, 0.29) is 6.42 Å². The molecule has 0 aromatic heterocycles. The van der Waals surface area contributed by atoms with E-state index in [9.17, 15) is 4.79 Å². The maximum atomic E-state index is 10.5. The van der Waals surface area contributed by atoms with Gasteiger partial charge in [0.25, 0.3) is 0 Å². The maximum absolute atomic E-state index is 10.5. The highest BCUT2D eigenvalue weighted by molar-refractivity contribution is 14.1. The lowest BCUT2D eigenvalue weighted by Gasteiger charge is -2.12. The predicted molar refractivity (Wildman–Crippen MR) is 63.4 cm³/mol. The predicted octanol–water partition coefficient (Wildman–Crippen LogP) is 2.42. The van der Waals surface area contributed by atoms with Crippen LogP contribution in [0.2, 0.25) is 5.02 Å². The molecule has 0 fully saturated rings. The molecule has 3 N–H and O–H groups in total. The Balaban J connectivity index is 2.95. The highest BCUT2D eigenvalue weighted by Crippen LogP contribution is 2.26. The standard InChI is InChI=1S/C9H9ClINO2/c10-6-3-1-2-5(9(6)11)7(12)4-8(13)14/h1-3,7H,4,12H2,(H,13,14)/t7-/m1/s1. The molecule has 0 saturated carbocycles. The molecular formula is C9H9ClINO2. The minimum Gasteiger partial charge on any atom is -0.481 e. The summed E-state index contributed by atoms with van der Waals surface area (Å²) in [5.74, 6) is -0.909. The van der Waals surface area contributed by atoms with Gasteiger partial charge in [0.2, 0.25) is 0 Å². The van der Waals surface area contributed by atoms with Crippen LogP contribution in [-0.2, 0) is 4.79 Å². The van der Waals surface area contributed by atoms with Gasteiger partial charge >= 0.3 is 5.97 Å². The number of benzene rings is 1. The van der Waals surface area contributed by atoms with Crippen LogP contribution in [0.4, 0.5) is 0 Å². The van der Waals surface area contributed by atoms with Crippen molar-refractivity contribution in [3.05, 3.63) is 32.4 Å². The van der Waals surface area contributed by atoms with Crippen LogP contribution in [0.25, 0.3) is 0 Å². The fraction of sp³-hybridized carbons (Fsp3) is 0.222. The van der Waals surface area contributed by atoms with E-state index in [2.05, 4.69) is 22.6 Å². The highest BCUT2D eigenvalue weighted by atomic mass is 127. The number of hydrogen-bond donors (Lipinski definition) is 2. The van der Waals surface area contributed by atoms with Crippen LogP contribution in [-0.4, -0.2) is 11.1 Å². The fourth-order valence-corrected chi connectivity index (χ4v) is 2.05. The number of rotatable bonds is 3. The molecule has 1 aromatic carbocycles. The maximum Gasteiger partial charge on any atom is 0.305 e. The summed E-state index contributed by atoms with van der Waals surface area (Å²) in [5, 5.41) is 9.19. The normalized spacial score (nSPS) is 12.5. The monoisotopic (exact) mass is 325 g/mol. The Kier molecular flexibility index (Phi) is 4.15. The summed E-state index contributed by atoms with van der Waals surface area (Å²) in [7, 11) is 0. The van der Waals surface area contributed by atoms with Crippen molar-refractivity contribution >= 4 is 40.2 Å². The molecule has 1 rings (SSSR count). The van der Waals surface area contributed by atoms with Gasteiger partial charge in [0.1, 0.15) is 0 Å². The van der Waals surface area contributed by atoms with Crippen LogP contribution in [0, 0.1) is 3.57 Å². The number of carbonyl (C=O) groups is 1. The lowest BCUT2D eigenvalue weighted by molar-refractivity contribution is -0.137. The third-order valence-electron chi connectivity index (χ3n) is 1.78. The first-order valence-corrected chi connectivity index (χ1v) is 5.39. The van der Waals surface area contributed by atoms with Crippen molar-refractivity contribution < 1.29 is 9.90 Å². The SMILES string of the molecule is N[C@H](CC(=O)O)c1cccc(Cl)c1I. The zero-order valence-electron chi connectivity index (χ0n) is 7.21. The van der Waals surface area contributed by atoms with Gasteiger partial charge in [-0.05, 0) is 34.2 Å². The van der Waals surface area contributed by atoms with E-state index in [4.69, 9.17) is 22.4 Å². The number of nitrogens with two attached hydrogens (primary N) is 1. The smallest absolute Gasteiger partial charge is 0.305 e. The summed E-state index contributed by atoms with van der Waals surface area (Å²) in [6.45, 7) is 0. The zero-order chi connectivity index (χ0) is 10.7. The van der Waals surface area contributed by atoms with Crippen LogP contribution in [0.15, 0.2) is 18.2 Å². The molecule has 0 aliphatic carbocycles. The minimum absolute atomic E-state index is 0.0870. The van der Waals surface area contributed by atoms with E-state index >= 15 is 0 Å². The molecular weight excluding hydrogens is 316 g/mol. The molecule has 1 atom stereocenters. The van der Waals surface area contributed by atoms with E-state index in [1.54, 1.807) is 18.2 Å². The Morgan fingerprint density at radius 3 is 2.86 bits per heavy atom. The van der Waals surface area contributed by atoms with Crippen LogP contribution in [0.1, 0.15) is 18.0 Å². The molecule has 0 radical (unpaired) electrons. The highest BCUT2D eigenvalue weighted by Gasteiger charge is 2.14. The summed E-state index contributed by atoms with van der Waals surface area (Å²) >= 11 is 7.95. The van der Waals surface area contributed by atoms with Gasteiger partial charge in [-0.1, -0.05) is 23.7 Å². The Hall–Kier alpha value is -0.330. The number of carboxylic acids is 1. The van der Waals surface area contributed by atoms with Crippen molar-refractivity contribution in [2.24, 2.45) is 5.73 Å². The quantitative estimate of drug-likeness (QED) is 0.839. The van der Waals surface area contributed by atoms with Gasteiger partial charge in [0, 0.05) is 9.61 Å². The molecule has 0 heterocycles. The Bertz CT molecular complexity index is 357. The minimum atomic E-state index is -0.909. The third kappa shape index (κ3) is 2.83. The van der Waals surface area contributed by atoms with E-state index < -0.39 is 12.0 Å². The molecule has 0 amide bonds. The van der Waals surface area contributed by atoms with E-state index in [0.717, 1.165) is 9.13 Å². The molecule has 3 nitrogen and oxygen atoms in total. The average Bonchev–Trinajstić information content (AvgIpc) is 2.08. The zero-order valence-corrected chi connectivity index (χ0v) is 10.1. The van der Waals surface area contributed by atoms with Crippen molar-refractivity contribution in [2.45, 2.75) is 12.5 Å². The molecule has 0 aliphatic heterocycles. The summed E-state index contributed by atoms with van der Waals surface area (Å²) < 4.78 is 0.820. The first-order valence-electron chi connectivity index (χ1n) is 3.93. The van der Waals surface area contributed by atoms with Gasteiger partial charge in [0.05, 0.1) is 11.4 Å². The van der Waals surface area contributed by atoms with E-state index in [1.807, 2.05) is 0 Å². The van der Waals surface area contributed by atoms with Crippen molar-refractivity contribution in [1.82, 2.24) is 0 Å². The van der Waals surface area contributed by atoms with Crippen LogP contribution in [0.3, 0.4) is 0 Å². The molecule has 0 unspecified atom stereocenters. The second-order valence-corrected chi connectivity index (χ2v) is 4.33. The summed E-state index contributed by atoms with van der Waals surface area (Å²) in [5.41, 5.74) is 6.50. The molecule has 76 valence electrons. The van der Waals surface area contributed by atoms with Crippen molar-refractivity contribution in [1.29, 1.82) is 0 Å². The van der Waals surface area contributed by atoms with Crippen LogP contribution >= 0.6 is 34.2 Å². The second-order valence-electron chi connectivity index (χ2n) is 2.85. The fourth-order valence-electron chi connectivity index (χ4n) is 1.10. The van der Waals surface area contributed by atoms with Crippen molar-refractivity contribution in [2.75, 3.05) is 0 Å². The lowest BCUT2D eigenvalue weighted by atomic mass is 10.1. The van der Waals surface area contributed by atoms with Gasteiger partial charge in [0.15, 0.2) is 0 Å². The molecule has 0 bridgehead atoms. The van der Waals surface area contributed by atoms with Gasteiger partial charge in [-0.3, -0.25) is 4.79 Å². The first-order chi connectivity index (χ1) is 6.52. The van der Waals surface area contributed by atoms with E-state index in [1.165, 1.54) is 0 Å². The topological polar surface area (TPSA) is 63.3 Å². The number of aliphatic carboxylic acids is 1. The number of hydrogen-bond acceptors (Lipinski definition) is 2.